The summed E-state index contributed by atoms with van der Waals surface area (Å²) in [5.41, 5.74) is 1.18. The van der Waals surface area contributed by atoms with Crippen LogP contribution in [0.2, 0.25) is 0 Å². The van der Waals surface area contributed by atoms with E-state index in [4.69, 9.17) is 9.47 Å². The quantitative estimate of drug-likeness (QED) is 0.588. The van der Waals surface area contributed by atoms with Gasteiger partial charge >= 0.3 is 0 Å². The number of ether oxygens (including phenoxy) is 2. The zero-order chi connectivity index (χ0) is 13.9. The molecule has 0 saturated heterocycles. The number of benzene rings is 1. The monoisotopic (exact) mass is 325 g/mol. The first-order valence-electron chi connectivity index (χ1n) is 6.28. The third kappa shape index (κ3) is 6.63. The van der Waals surface area contributed by atoms with E-state index in [1.54, 1.807) is 7.11 Å². The predicted molar refractivity (Wildman–Crippen MR) is 81.3 cm³/mol. The van der Waals surface area contributed by atoms with E-state index in [9.17, 15) is 0 Å². The Hall–Kier alpha value is -1.02. The minimum atomic E-state index is 0.624. The molecule has 4 heteroatoms. The number of rotatable bonds is 8. The fourth-order valence-corrected chi connectivity index (χ4v) is 1.91. The van der Waals surface area contributed by atoms with Crippen LogP contribution in [0.1, 0.15) is 18.9 Å². The smallest absolute Gasteiger partial charge is 0.119 e. The summed E-state index contributed by atoms with van der Waals surface area (Å²) in [5, 5.41) is 3.31. The van der Waals surface area contributed by atoms with Gasteiger partial charge in [0.25, 0.3) is 0 Å². The van der Waals surface area contributed by atoms with Crippen LogP contribution in [0.3, 0.4) is 0 Å². The summed E-state index contributed by atoms with van der Waals surface area (Å²) in [6.07, 6.45) is 0.758. The van der Waals surface area contributed by atoms with E-state index < -0.39 is 0 Å². The fraction of sp³-hybridized carbons (Fsp3) is 0.467. The SMILES string of the molecule is CC#CCCOc1ccc(Br)c(CNCCOC)c1. The highest BCUT2D eigenvalue weighted by Crippen LogP contribution is 2.22. The fourth-order valence-electron chi connectivity index (χ4n) is 1.52. The van der Waals surface area contributed by atoms with Gasteiger partial charge in [-0.2, -0.15) is 0 Å². The van der Waals surface area contributed by atoms with E-state index in [0.29, 0.717) is 13.2 Å². The van der Waals surface area contributed by atoms with Crippen molar-refractivity contribution >= 4 is 15.9 Å². The zero-order valence-electron chi connectivity index (χ0n) is 11.5. The first-order chi connectivity index (χ1) is 9.27. The Morgan fingerprint density at radius 3 is 2.89 bits per heavy atom. The van der Waals surface area contributed by atoms with Crippen LogP contribution in [-0.2, 0) is 11.3 Å². The van der Waals surface area contributed by atoms with Gasteiger partial charge in [-0.05, 0) is 30.7 Å². The average Bonchev–Trinajstić information content (AvgIpc) is 2.42. The van der Waals surface area contributed by atoms with Crippen LogP contribution in [0.5, 0.6) is 5.75 Å². The van der Waals surface area contributed by atoms with Gasteiger partial charge in [0.1, 0.15) is 5.75 Å². The van der Waals surface area contributed by atoms with Gasteiger partial charge in [-0.15, -0.1) is 11.8 Å². The highest BCUT2D eigenvalue weighted by molar-refractivity contribution is 9.10. The van der Waals surface area contributed by atoms with Gasteiger partial charge in [0.15, 0.2) is 0 Å². The lowest BCUT2D eigenvalue weighted by Crippen LogP contribution is -2.18. The summed E-state index contributed by atoms with van der Waals surface area (Å²) >= 11 is 3.54. The molecular formula is C15H20BrNO2. The molecule has 0 heterocycles. The Bertz CT molecular complexity index is 438. The minimum Gasteiger partial charge on any atom is -0.493 e. The van der Waals surface area contributed by atoms with E-state index in [2.05, 4.69) is 33.1 Å². The van der Waals surface area contributed by atoms with Crippen molar-refractivity contribution in [2.24, 2.45) is 0 Å². The predicted octanol–water partition coefficient (Wildman–Crippen LogP) is 2.98. The van der Waals surface area contributed by atoms with Crippen molar-refractivity contribution in [2.45, 2.75) is 19.9 Å². The lowest BCUT2D eigenvalue weighted by Gasteiger charge is -2.10. The molecule has 0 unspecified atom stereocenters. The zero-order valence-corrected chi connectivity index (χ0v) is 13.0. The third-order valence-corrected chi connectivity index (χ3v) is 3.26. The summed E-state index contributed by atoms with van der Waals surface area (Å²) in [5.74, 6) is 6.72. The van der Waals surface area contributed by atoms with Crippen LogP contribution in [0.25, 0.3) is 0 Å². The Morgan fingerprint density at radius 2 is 2.16 bits per heavy atom. The maximum Gasteiger partial charge on any atom is 0.119 e. The average molecular weight is 326 g/mol. The molecule has 0 bridgehead atoms. The van der Waals surface area contributed by atoms with Gasteiger partial charge in [-0.3, -0.25) is 0 Å². The molecular weight excluding hydrogens is 306 g/mol. The number of nitrogens with one attached hydrogen (secondary N) is 1. The van der Waals surface area contributed by atoms with E-state index in [0.717, 1.165) is 29.7 Å². The second-order valence-corrected chi connectivity index (χ2v) is 4.80. The number of hydrogen-bond donors (Lipinski definition) is 1. The molecule has 0 spiro atoms. The molecule has 0 amide bonds. The standard InChI is InChI=1S/C15H20BrNO2/c1-3-4-5-9-19-14-6-7-15(16)13(11-14)12-17-8-10-18-2/h6-7,11,17H,5,8-10,12H2,1-2H3. The second kappa shape index (κ2) is 9.85. The van der Waals surface area contributed by atoms with Crippen molar-refractivity contribution in [3.63, 3.8) is 0 Å². The van der Waals surface area contributed by atoms with Crippen molar-refractivity contribution in [3.8, 4) is 17.6 Å². The van der Waals surface area contributed by atoms with Crippen molar-refractivity contribution in [1.82, 2.24) is 5.32 Å². The van der Waals surface area contributed by atoms with Gasteiger partial charge in [0.05, 0.1) is 13.2 Å². The number of hydrogen-bond acceptors (Lipinski definition) is 3. The van der Waals surface area contributed by atoms with Gasteiger partial charge in [-0.1, -0.05) is 15.9 Å². The molecule has 0 atom stereocenters. The van der Waals surface area contributed by atoms with Crippen LogP contribution >= 0.6 is 15.9 Å². The summed E-state index contributed by atoms with van der Waals surface area (Å²) in [6.45, 7) is 4.79. The van der Waals surface area contributed by atoms with Gasteiger partial charge in [0.2, 0.25) is 0 Å². The molecule has 1 aromatic rings. The van der Waals surface area contributed by atoms with Crippen LogP contribution in [0.4, 0.5) is 0 Å². The largest absolute Gasteiger partial charge is 0.493 e. The normalized spacial score (nSPS) is 9.84. The van der Waals surface area contributed by atoms with Crippen molar-refractivity contribution < 1.29 is 9.47 Å². The van der Waals surface area contributed by atoms with Crippen LogP contribution in [0, 0.1) is 11.8 Å². The molecule has 0 fully saturated rings. The van der Waals surface area contributed by atoms with Gasteiger partial charge in [0, 0.05) is 31.1 Å². The van der Waals surface area contributed by atoms with Gasteiger partial charge < -0.3 is 14.8 Å². The Morgan fingerprint density at radius 1 is 1.32 bits per heavy atom. The van der Waals surface area contributed by atoms with Crippen molar-refractivity contribution in [1.29, 1.82) is 0 Å². The lowest BCUT2D eigenvalue weighted by atomic mass is 10.2. The molecule has 104 valence electrons. The Kier molecular flexibility index (Phi) is 8.31. The Labute approximate surface area is 123 Å². The summed E-state index contributed by atoms with van der Waals surface area (Å²) in [4.78, 5) is 0. The summed E-state index contributed by atoms with van der Waals surface area (Å²) in [6, 6.07) is 6.01. The molecule has 1 aromatic carbocycles. The van der Waals surface area contributed by atoms with Crippen LogP contribution < -0.4 is 10.1 Å². The van der Waals surface area contributed by atoms with Gasteiger partial charge in [-0.25, -0.2) is 0 Å². The minimum absolute atomic E-state index is 0.624. The molecule has 0 aliphatic rings. The number of halogens is 1. The van der Waals surface area contributed by atoms with E-state index in [1.807, 2.05) is 25.1 Å². The molecule has 1 rings (SSSR count). The van der Waals surface area contributed by atoms with E-state index >= 15 is 0 Å². The summed E-state index contributed by atoms with van der Waals surface area (Å²) < 4.78 is 11.7. The van der Waals surface area contributed by atoms with E-state index in [-0.39, 0.29) is 0 Å². The molecule has 0 radical (unpaired) electrons. The van der Waals surface area contributed by atoms with Crippen molar-refractivity contribution in [3.05, 3.63) is 28.2 Å². The maximum absolute atomic E-state index is 5.66. The molecule has 0 aliphatic carbocycles. The molecule has 0 aromatic heterocycles. The lowest BCUT2D eigenvalue weighted by molar-refractivity contribution is 0.199. The highest BCUT2D eigenvalue weighted by atomic mass is 79.9. The molecule has 0 aliphatic heterocycles. The molecule has 3 nitrogen and oxygen atoms in total. The van der Waals surface area contributed by atoms with Crippen molar-refractivity contribution in [2.75, 3.05) is 26.9 Å². The second-order valence-electron chi connectivity index (χ2n) is 3.95. The third-order valence-electron chi connectivity index (χ3n) is 2.49. The first kappa shape index (κ1) is 16.0. The van der Waals surface area contributed by atoms with Crippen LogP contribution in [0.15, 0.2) is 22.7 Å². The highest BCUT2D eigenvalue weighted by Gasteiger charge is 2.02. The number of methoxy groups -OCH3 is 1. The van der Waals surface area contributed by atoms with Crippen LogP contribution in [-0.4, -0.2) is 26.9 Å². The molecule has 19 heavy (non-hydrogen) atoms. The van der Waals surface area contributed by atoms with E-state index in [1.165, 1.54) is 5.56 Å². The summed E-state index contributed by atoms with van der Waals surface area (Å²) in [7, 11) is 1.70. The first-order valence-corrected chi connectivity index (χ1v) is 7.07. The molecule has 1 N–H and O–H groups in total. The maximum atomic E-state index is 5.66. The Balaban J connectivity index is 2.47. The topological polar surface area (TPSA) is 30.5 Å². The molecule has 0 saturated carbocycles.